The fraction of sp³-hybridized carbons (Fsp3) is 0.250. The van der Waals surface area contributed by atoms with Gasteiger partial charge < -0.3 is 5.11 Å². The molecule has 0 fully saturated rings. The van der Waals surface area contributed by atoms with Crippen molar-refractivity contribution >= 4 is 0 Å². The lowest BCUT2D eigenvalue weighted by Crippen LogP contribution is -1.86. The molecule has 3 nitrogen and oxygen atoms in total. The summed E-state index contributed by atoms with van der Waals surface area (Å²) in [5.41, 5.74) is 0.736. The van der Waals surface area contributed by atoms with Gasteiger partial charge in [0.25, 0.3) is 0 Å². The first-order valence-electron chi connectivity index (χ1n) is 3.35. The maximum Gasteiger partial charge on any atom is 0.115 e. The molecule has 0 amide bonds. The van der Waals surface area contributed by atoms with Gasteiger partial charge in [-0.05, 0) is 24.6 Å². The van der Waals surface area contributed by atoms with E-state index in [4.69, 9.17) is 5.11 Å². The minimum atomic E-state index is -0.387. The molecule has 0 saturated carbocycles. The van der Waals surface area contributed by atoms with Crippen LogP contribution in [-0.4, -0.2) is 5.11 Å². The van der Waals surface area contributed by atoms with Gasteiger partial charge in [0, 0.05) is 0 Å². The van der Waals surface area contributed by atoms with Crippen LogP contribution < -0.4 is 0 Å². The number of nitroso groups, excluding NO2 is 1. The molecule has 0 bridgehead atoms. The summed E-state index contributed by atoms with van der Waals surface area (Å²) in [6.07, 6.45) is 0. The first-order valence-corrected chi connectivity index (χ1v) is 3.35. The van der Waals surface area contributed by atoms with Gasteiger partial charge in [-0.25, -0.2) is 0 Å². The Labute approximate surface area is 64.7 Å². The Morgan fingerprint density at radius 1 is 1.55 bits per heavy atom. The van der Waals surface area contributed by atoms with Crippen molar-refractivity contribution in [3.63, 3.8) is 0 Å². The molecule has 1 aromatic carbocycles. The average Bonchev–Trinajstić information content (AvgIpc) is 2.03. The Hall–Kier alpha value is -1.38. The third-order valence-corrected chi connectivity index (χ3v) is 1.51. The van der Waals surface area contributed by atoms with Crippen molar-refractivity contribution in [3.05, 3.63) is 34.7 Å². The normalized spacial score (nSPS) is 12.5. The first kappa shape index (κ1) is 7.72. The van der Waals surface area contributed by atoms with Crippen LogP contribution in [0.1, 0.15) is 18.5 Å². The summed E-state index contributed by atoms with van der Waals surface area (Å²) in [6.45, 7) is 1.68. The van der Waals surface area contributed by atoms with Crippen LogP contribution in [0.3, 0.4) is 0 Å². The second-order valence-electron chi connectivity index (χ2n) is 2.38. The summed E-state index contributed by atoms with van der Waals surface area (Å²) in [5.74, 6) is 0.165. The van der Waals surface area contributed by atoms with E-state index in [1.807, 2.05) is 0 Å². The van der Waals surface area contributed by atoms with Gasteiger partial charge in [-0.3, -0.25) is 0 Å². The predicted molar refractivity (Wildman–Crippen MR) is 42.3 cm³/mol. The van der Waals surface area contributed by atoms with Gasteiger partial charge in [0.15, 0.2) is 0 Å². The molecule has 1 unspecified atom stereocenters. The molecule has 0 aliphatic rings. The largest absolute Gasteiger partial charge is 0.508 e. The average molecular weight is 151 g/mol. The van der Waals surface area contributed by atoms with Crippen LogP contribution in [0.5, 0.6) is 5.75 Å². The fourth-order valence-corrected chi connectivity index (χ4v) is 0.846. The Morgan fingerprint density at radius 3 is 2.82 bits per heavy atom. The summed E-state index contributed by atoms with van der Waals surface area (Å²) in [7, 11) is 0. The van der Waals surface area contributed by atoms with Crippen molar-refractivity contribution in [2.75, 3.05) is 0 Å². The van der Waals surface area contributed by atoms with E-state index in [-0.39, 0.29) is 11.8 Å². The van der Waals surface area contributed by atoms with E-state index in [1.54, 1.807) is 25.1 Å². The molecule has 0 radical (unpaired) electrons. The van der Waals surface area contributed by atoms with E-state index in [1.165, 1.54) is 6.07 Å². The van der Waals surface area contributed by atoms with Gasteiger partial charge in [-0.2, -0.15) is 4.91 Å². The summed E-state index contributed by atoms with van der Waals surface area (Å²) in [5, 5.41) is 11.9. The van der Waals surface area contributed by atoms with E-state index in [9.17, 15) is 4.91 Å². The molecular weight excluding hydrogens is 142 g/mol. The molecule has 0 aliphatic heterocycles. The van der Waals surface area contributed by atoms with Gasteiger partial charge >= 0.3 is 0 Å². The number of hydrogen-bond acceptors (Lipinski definition) is 3. The molecule has 0 aliphatic carbocycles. The smallest absolute Gasteiger partial charge is 0.115 e. The van der Waals surface area contributed by atoms with E-state index in [2.05, 4.69) is 5.18 Å². The predicted octanol–water partition coefficient (Wildman–Crippen LogP) is 2.22. The topological polar surface area (TPSA) is 49.7 Å². The summed E-state index contributed by atoms with van der Waals surface area (Å²) >= 11 is 0. The summed E-state index contributed by atoms with van der Waals surface area (Å²) in [4.78, 5) is 10.1. The molecule has 0 aromatic heterocycles. The highest BCUT2D eigenvalue weighted by atomic mass is 16.3. The molecule has 11 heavy (non-hydrogen) atoms. The lowest BCUT2D eigenvalue weighted by molar-refractivity contribution is 0.474. The Morgan fingerprint density at radius 2 is 2.27 bits per heavy atom. The molecule has 3 heteroatoms. The van der Waals surface area contributed by atoms with Crippen molar-refractivity contribution in [2.45, 2.75) is 13.0 Å². The number of aromatic hydroxyl groups is 1. The van der Waals surface area contributed by atoms with Crippen LogP contribution in [0.2, 0.25) is 0 Å². The van der Waals surface area contributed by atoms with Crippen LogP contribution in [0.15, 0.2) is 29.4 Å². The minimum absolute atomic E-state index is 0.165. The Bertz CT molecular complexity index is 260. The van der Waals surface area contributed by atoms with E-state index >= 15 is 0 Å². The van der Waals surface area contributed by atoms with Crippen LogP contribution >= 0.6 is 0 Å². The van der Waals surface area contributed by atoms with Gasteiger partial charge in [0.1, 0.15) is 11.8 Å². The molecule has 1 atom stereocenters. The summed E-state index contributed by atoms with van der Waals surface area (Å²) < 4.78 is 0. The van der Waals surface area contributed by atoms with Crippen molar-refractivity contribution in [2.24, 2.45) is 5.18 Å². The first-order chi connectivity index (χ1) is 5.24. The number of nitrogens with zero attached hydrogens (tertiary/aromatic N) is 1. The lowest BCUT2D eigenvalue weighted by atomic mass is 10.1. The van der Waals surface area contributed by atoms with Gasteiger partial charge in [0.05, 0.1) is 0 Å². The molecule has 1 aromatic rings. The molecule has 0 heterocycles. The second kappa shape index (κ2) is 3.14. The highest BCUT2D eigenvalue weighted by Gasteiger charge is 2.03. The molecular formula is C8H9NO2. The van der Waals surface area contributed by atoms with Crippen LogP contribution in [-0.2, 0) is 0 Å². The molecule has 1 N–H and O–H groups in total. The number of phenols is 1. The minimum Gasteiger partial charge on any atom is -0.508 e. The fourth-order valence-electron chi connectivity index (χ4n) is 0.846. The van der Waals surface area contributed by atoms with Crippen molar-refractivity contribution < 1.29 is 5.11 Å². The zero-order valence-electron chi connectivity index (χ0n) is 6.19. The quantitative estimate of drug-likeness (QED) is 0.659. The van der Waals surface area contributed by atoms with E-state index < -0.39 is 0 Å². The lowest BCUT2D eigenvalue weighted by Gasteiger charge is -2.01. The Kier molecular flexibility index (Phi) is 2.21. The number of benzene rings is 1. The van der Waals surface area contributed by atoms with E-state index in [0.717, 1.165) is 5.56 Å². The number of hydrogen-bond donors (Lipinski definition) is 1. The van der Waals surface area contributed by atoms with Gasteiger partial charge in [-0.1, -0.05) is 17.3 Å². The number of rotatable bonds is 2. The maximum atomic E-state index is 10.1. The van der Waals surface area contributed by atoms with Crippen molar-refractivity contribution in [1.29, 1.82) is 0 Å². The molecule has 0 saturated heterocycles. The van der Waals surface area contributed by atoms with Gasteiger partial charge in [-0.15, -0.1) is 0 Å². The zero-order valence-corrected chi connectivity index (χ0v) is 6.19. The zero-order chi connectivity index (χ0) is 8.27. The van der Waals surface area contributed by atoms with Crippen LogP contribution in [0, 0.1) is 4.91 Å². The Balaban J connectivity index is 2.95. The van der Waals surface area contributed by atoms with Crippen LogP contribution in [0.25, 0.3) is 0 Å². The SMILES string of the molecule is CC(N=O)c1cccc(O)c1. The van der Waals surface area contributed by atoms with Crippen molar-refractivity contribution in [3.8, 4) is 5.75 Å². The van der Waals surface area contributed by atoms with E-state index in [0.29, 0.717) is 0 Å². The molecule has 0 spiro atoms. The van der Waals surface area contributed by atoms with Crippen molar-refractivity contribution in [1.82, 2.24) is 0 Å². The standard InChI is InChI=1S/C8H9NO2/c1-6(9-11)7-3-2-4-8(10)5-7/h2-6,10H,1H3. The third kappa shape index (κ3) is 1.77. The summed E-state index contributed by atoms with van der Waals surface area (Å²) in [6, 6.07) is 6.15. The third-order valence-electron chi connectivity index (χ3n) is 1.51. The monoisotopic (exact) mass is 151 g/mol. The van der Waals surface area contributed by atoms with Gasteiger partial charge in [0.2, 0.25) is 0 Å². The highest BCUT2D eigenvalue weighted by molar-refractivity contribution is 5.28. The second-order valence-corrected chi connectivity index (χ2v) is 2.38. The molecule has 58 valence electrons. The molecule has 1 rings (SSSR count). The van der Waals surface area contributed by atoms with Crippen LogP contribution in [0.4, 0.5) is 0 Å². The maximum absolute atomic E-state index is 10.1. The highest BCUT2D eigenvalue weighted by Crippen LogP contribution is 2.19. The number of phenolic OH excluding ortho intramolecular Hbond substituents is 1.